The van der Waals surface area contributed by atoms with Gasteiger partial charge in [-0.3, -0.25) is 0 Å². The van der Waals surface area contributed by atoms with Gasteiger partial charge in [0.05, 0.1) is 0 Å². The molecule has 1 aromatic carbocycles. The zero-order valence-corrected chi connectivity index (χ0v) is 10.2. The second-order valence-electron chi connectivity index (χ2n) is 4.48. The normalized spacial score (nSPS) is 16.1. The average Bonchev–Trinajstić information content (AvgIpc) is 2.38. The molecular weight excluding hydrogens is 212 g/mol. The maximum Gasteiger partial charge on any atom is 0.331 e. The zero-order chi connectivity index (χ0) is 12.3. The van der Waals surface area contributed by atoms with Crippen LogP contribution in [0.1, 0.15) is 43.7 Å². The van der Waals surface area contributed by atoms with Gasteiger partial charge < -0.3 is 5.11 Å². The van der Waals surface area contributed by atoms with E-state index in [0.29, 0.717) is 12.0 Å². The Bertz CT molecular complexity index is 458. The highest BCUT2D eigenvalue weighted by atomic mass is 16.4. The van der Waals surface area contributed by atoms with Crippen molar-refractivity contribution in [1.29, 1.82) is 0 Å². The summed E-state index contributed by atoms with van der Waals surface area (Å²) in [5.41, 5.74) is 4.08. The van der Waals surface area contributed by atoms with Crippen LogP contribution >= 0.6 is 0 Å². The number of aliphatic carboxylic acids is 1. The summed E-state index contributed by atoms with van der Waals surface area (Å²) < 4.78 is 0. The second-order valence-corrected chi connectivity index (χ2v) is 4.48. The quantitative estimate of drug-likeness (QED) is 0.860. The fourth-order valence-corrected chi connectivity index (χ4v) is 2.56. The number of rotatable bonds is 3. The van der Waals surface area contributed by atoms with Crippen LogP contribution in [0.3, 0.4) is 0 Å². The number of carbonyl (C=O) groups is 1. The van der Waals surface area contributed by atoms with E-state index in [1.54, 1.807) is 0 Å². The van der Waals surface area contributed by atoms with Gasteiger partial charge in [-0.15, -0.1) is 0 Å². The molecule has 0 amide bonds. The highest BCUT2D eigenvalue weighted by Crippen LogP contribution is 2.34. The number of benzene rings is 1. The maximum absolute atomic E-state index is 11.3. The fraction of sp³-hybridized carbons (Fsp3) is 0.400. The van der Waals surface area contributed by atoms with Gasteiger partial charge in [-0.05, 0) is 48.8 Å². The third-order valence-corrected chi connectivity index (χ3v) is 3.45. The SMILES string of the molecule is CCc1ccccc1C1=C(C(=O)O)CCCC1. The van der Waals surface area contributed by atoms with Crippen molar-refractivity contribution in [3.63, 3.8) is 0 Å². The molecule has 1 aromatic rings. The van der Waals surface area contributed by atoms with Crippen molar-refractivity contribution < 1.29 is 9.90 Å². The first-order chi connectivity index (χ1) is 8.24. The molecule has 17 heavy (non-hydrogen) atoms. The van der Waals surface area contributed by atoms with Crippen molar-refractivity contribution in [3.8, 4) is 0 Å². The van der Waals surface area contributed by atoms with Crippen molar-refractivity contribution >= 4 is 11.5 Å². The summed E-state index contributed by atoms with van der Waals surface area (Å²) in [5, 5.41) is 9.28. The van der Waals surface area contributed by atoms with Crippen LogP contribution in [0.15, 0.2) is 29.8 Å². The minimum absolute atomic E-state index is 0.622. The largest absolute Gasteiger partial charge is 0.478 e. The first kappa shape index (κ1) is 11.9. The summed E-state index contributed by atoms with van der Waals surface area (Å²) in [5.74, 6) is -0.745. The minimum atomic E-state index is -0.745. The molecule has 2 rings (SSSR count). The predicted molar refractivity (Wildman–Crippen MR) is 68.8 cm³/mol. The standard InChI is InChI=1S/C15H18O2/c1-2-11-7-3-4-8-12(11)13-9-5-6-10-14(13)15(16)17/h3-4,7-8H,2,5-6,9-10H2,1H3,(H,16,17). The molecule has 0 aliphatic heterocycles. The summed E-state index contributed by atoms with van der Waals surface area (Å²) >= 11 is 0. The Morgan fingerprint density at radius 1 is 1.24 bits per heavy atom. The average molecular weight is 230 g/mol. The molecule has 2 nitrogen and oxygen atoms in total. The van der Waals surface area contributed by atoms with Gasteiger partial charge in [0.1, 0.15) is 0 Å². The Kier molecular flexibility index (Phi) is 3.62. The predicted octanol–water partition coefficient (Wildman–Crippen LogP) is 3.66. The van der Waals surface area contributed by atoms with Crippen LogP contribution in [0.5, 0.6) is 0 Å². The zero-order valence-electron chi connectivity index (χ0n) is 10.2. The monoisotopic (exact) mass is 230 g/mol. The third-order valence-electron chi connectivity index (χ3n) is 3.45. The number of hydrogen-bond donors (Lipinski definition) is 1. The van der Waals surface area contributed by atoms with Crippen LogP contribution in [-0.2, 0) is 11.2 Å². The molecule has 0 fully saturated rings. The van der Waals surface area contributed by atoms with Crippen molar-refractivity contribution in [2.45, 2.75) is 39.0 Å². The molecule has 0 atom stereocenters. The van der Waals surface area contributed by atoms with Gasteiger partial charge in [0.15, 0.2) is 0 Å². The Hall–Kier alpha value is -1.57. The maximum atomic E-state index is 11.3. The summed E-state index contributed by atoms with van der Waals surface area (Å²) in [6.07, 6.45) is 4.66. The van der Waals surface area contributed by atoms with E-state index in [0.717, 1.165) is 36.8 Å². The van der Waals surface area contributed by atoms with Crippen molar-refractivity contribution in [3.05, 3.63) is 41.0 Å². The first-order valence-electron chi connectivity index (χ1n) is 6.27. The van der Waals surface area contributed by atoms with Crippen LogP contribution in [-0.4, -0.2) is 11.1 Å². The third kappa shape index (κ3) is 2.41. The molecule has 0 spiro atoms. The van der Waals surface area contributed by atoms with Gasteiger partial charge in [-0.1, -0.05) is 31.2 Å². The van der Waals surface area contributed by atoms with Crippen LogP contribution in [0, 0.1) is 0 Å². The van der Waals surface area contributed by atoms with E-state index >= 15 is 0 Å². The lowest BCUT2D eigenvalue weighted by Gasteiger charge is -2.20. The summed E-state index contributed by atoms with van der Waals surface area (Å²) in [6, 6.07) is 8.17. The highest BCUT2D eigenvalue weighted by molar-refractivity contribution is 5.97. The molecule has 0 aromatic heterocycles. The molecule has 1 N–H and O–H groups in total. The summed E-state index contributed by atoms with van der Waals surface area (Å²) in [4.78, 5) is 11.3. The van der Waals surface area contributed by atoms with Gasteiger partial charge in [0, 0.05) is 5.57 Å². The van der Waals surface area contributed by atoms with Crippen molar-refractivity contribution in [2.24, 2.45) is 0 Å². The molecule has 0 saturated carbocycles. The molecular formula is C15H18O2. The molecule has 0 radical (unpaired) electrons. The highest BCUT2D eigenvalue weighted by Gasteiger charge is 2.20. The Balaban J connectivity index is 2.52. The van der Waals surface area contributed by atoms with Crippen molar-refractivity contribution in [2.75, 3.05) is 0 Å². The van der Waals surface area contributed by atoms with Crippen LogP contribution < -0.4 is 0 Å². The number of aryl methyl sites for hydroxylation is 1. The van der Waals surface area contributed by atoms with Gasteiger partial charge in [-0.2, -0.15) is 0 Å². The number of hydrogen-bond acceptors (Lipinski definition) is 1. The summed E-state index contributed by atoms with van der Waals surface area (Å²) in [6.45, 7) is 2.11. The van der Waals surface area contributed by atoms with Crippen LogP contribution in [0.4, 0.5) is 0 Å². The molecule has 0 saturated heterocycles. The molecule has 0 heterocycles. The van der Waals surface area contributed by atoms with Gasteiger partial charge in [0.2, 0.25) is 0 Å². The first-order valence-corrected chi connectivity index (χ1v) is 6.27. The second kappa shape index (κ2) is 5.17. The van der Waals surface area contributed by atoms with Gasteiger partial charge in [-0.25, -0.2) is 4.79 Å². The van der Waals surface area contributed by atoms with E-state index in [2.05, 4.69) is 19.1 Å². The van der Waals surface area contributed by atoms with E-state index in [9.17, 15) is 9.90 Å². The summed E-state index contributed by atoms with van der Waals surface area (Å²) in [7, 11) is 0. The molecule has 0 unspecified atom stereocenters. The number of carboxylic acid groups (broad SMARTS) is 1. The molecule has 2 heteroatoms. The molecule has 1 aliphatic rings. The van der Waals surface area contributed by atoms with Crippen LogP contribution in [0.25, 0.3) is 5.57 Å². The van der Waals surface area contributed by atoms with Gasteiger partial charge >= 0.3 is 5.97 Å². The van der Waals surface area contributed by atoms with E-state index in [1.807, 2.05) is 12.1 Å². The Morgan fingerprint density at radius 3 is 2.65 bits per heavy atom. The molecule has 0 bridgehead atoms. The van der Waals surface area contributed by atoms with Crippen molar-refractivity contribution in [1.82, 2.24) is 0 Å². The van der Waals surface area contributed by atoms with E-state index < -0.39 is 5.97 Å². The van der Waals surface area contributed by atoms with Crippen LogP contribution in [0.2, 0.25) is 0 Å². The Morgan fingerprint density at radius 2 is 1.94 bits per heavy atom. The topological polar surface area (TPSA) is 37.3 Å². The number of carboxylic acids is 1. The smallest absolute Gasteiger partial charge is 0.331 e. The number of allylic oxidation sites excluding steroid dienone is 1. The van der Waals surface area contributed by atoms with E-state index in [-0.39, 0.29) is 0 Å². The van der Waals surface area contributed by atoms with Gasteiger partial charge in [0.25, 0.3) is 0 Å². The van der Waals surface area contributed by atoms with E-state index in [4.69, 9.17) is 0 Å². The fourth-order valence-electron chi connectivity index (χ4n) is 2.56. The Labute approximate surface area is 102 Å². The lowest BCUT2D eigenvalue weighted by atomic mass is 9.85. The lowest BCUT2D eigenvalue weighted by Crippen LogP contribution is -2.09. The minimum Gasteiger partial charge on any atom is -0.478 e. The van der Waals surface area contributed by atoms with E-state index in [1.165, 1.54) is 5.56 Å². The molecule has 90 valence electrons. The molecule has 1 aliphatic carbocycles. The lowest BCUT2D eigenvalue weighted by molar-refractivity contribution is -0.132.